The van der Waals surface area contributed by atoms with Gasteiger partial charge in [-0.2, -0.15) is 4.57 Å². The van der Waals surface area contributed by atoms with Crippen LogP contribution in [-0.2, 0) is 26.6 Å². The van der Waals surface area contributed by atoms with E-state index in [9.17, 15) is 4.79 Å². The van der Waals surface area contributed by atoms with Crippen molar-refractivity contribution < 1.29 is 23.7 Å². The Morgan fingerprint density at radius 3 is 2.55 bits per heavy atom. The molecule has 4 aromatic rings. The van der Waals surface area contributed by atoms with Crippen molar-refractivity contribution in [3.8, 4) is 11.5 Å². The van der Waals surface area contributed by atoms with Crippen molar-refractivity contribution in [2.75, 3.05) is 25.9 Å². The summed E-state index contributed by atoms with van der Waals surface area (Å²) >= 11 is 0. The zero-order chi connectivity index (χ0) is 27.6. The number of methoxy groups -OCH3 is 1. The number of aromatic nitrogens is 1. The van der Waals surface area contributed by atoms with Gasteiger partial charge in [-0.25, -0.2) is 0 Å². The Morgan fingerprint density at radius 1 is 0.975 bits per heavy atom. The number of nitrogens with zero attached hydrogens (tertiary/aromatic N) is 1. The highest BCUT2D eigenvalue weighted by molar-refractivity contribution is 6.03. The molecule has 0 bridgehead atoms. The van der Waals surface area contributed by atoms with Gasteiger partial charge in [-0.05, 0) is 67.5 Å². The van der Waals surface area contributed by atoms with Crippen molar-refractivity contribution >= 4 is 22.4 Å². The molecular weight excluding hydrogens is 498 g/mol. The molecule has 6 rings (SSSR count). The average molecular weight is 538 g/mol. The number of pyridine rings is 1. The number of rotatable bonds is 8. The van der Waals surface area contributed by atoms with E-state index in [0.717, 1.165) is 52.8 Å². The van der Waals surface area contributed by atoms with Gasteiger partial charge in [-0.1, -0.05) is 36.4 Å². The molecule has 1 aliphatic heterocycles. The minimum atomic E-state index is 0.0527. The van der Waals surface area contributed by atoms with Crippen LogP contribution in [0.2, 0.25) is 0 Å². The van der Waals surface area contributed by atoms with Gasteiger partial charge in [-0.15, -0.1) is 0 Å². The van der Waals surface area contributed by atoms with Gasteiger partial charge in [0.15, 0.2) is 23.9 Å². The maximum Gasteiger partial charge on any atom is 0.235 e. The summed E-state index contributed by atoms with van der Waals surface area (Å²) in [7, 11) is 3.64. The van der Waals surface area contributed by atoms with E-state index in [-0.39, 0.29) is 11.7 Å². The lowest BCUT2D eigenvalue weighted by Crippen LogP contribution is -3.11. The number of carbonyl (C=O) groups excluding carboxylic acids is 1. The number of ketones is 1. The van der Waals surface area contributed by atoms with Crippen LogP contribution in [0, 0.1) is 11.8 Å². The highest BCUT2D eigenvalue weighted by Crippen LogP contribution is 2.39. The number of hydrogen-bond donors (Lipinski definition) is 2. The smallest absolute Gasteiger partial charge is 0.235 e. The van der Waals surface area contributed by atoms with Gasteiger partial charge in [0.1, 0.15) is 19.3 Å². The molecule has 3 N–H and O–H groups in total. The Labute approximate surface area is 236 Å². The number of fused-ring (bicyclic) bond motifs is 2. The number of piperidine rings is 1. The molecule has 0 amide bonds. The third-order valence-electron chi connectivity index (χ3n) is 8.91. The van der Waals surface area contributed by atoms with Crippen molar-refractivity contribution in [3.05, 3.63) is 95.2 Å². The summed E-state index contributed by atoms with van der Waals surface area (Å²) in [6, 6.07) is 24.7. The standard InChI is InChI=1S/C34H38N3O3/c1-36-28(12-11-25-9-6-10-30(35)33(25)36)22-40-32-19-26-18-27(34(38)29(26)20-31(32)39-2)17-23-13-15-37(16-14-23)21-24-7-4-3-5-8-24/h3-12,19-20,23,27H,13-18,21-22,35H2,1-2H3/q+1/p+1. The number of quaternary nitrogens is 1. The molecule has 1 unspecified atom stereocenters. The first-order valence-electron chi connectivity index (χ1n) is 14.4. The lowest BCUT2D eigenvalue weighted by molar-refractivity contribution is -0.919. The van der Waals surface area contributed by atoms with Crippen LogP contribution in [0.1, 0.15) is 46.4 Å². The summed E-state index contributed by atoms with van der Waals surface area (Å²) in [4.78, 5) is 15.1. The van der Waals surface area contributed by atoms with Gasteiger partial charge in [0.25, 0.3) is 0 Å². The molecule has 2 aliphatic rings. The molecule has 3 aromatic carbocycles. The summed E-state index contributed by atoms with van der Waals surface area (Å²) in [5, 5.41) is 1.09. The van der Waals surface area contributed by atoms with Crippen LogP contribution in [0.5, 0.6) is 11.5 Å². The van der Waals surface area contributed by atoms with E-state index < -0.39 is 0 Å². The van der Waals surface area contributed by atoms with E-state index in [1.54, 1.807) is 12.0 Å². The molecular formula is C34H39N3O3+2. The molecule has 1 aromatic heterocycles. The zero-order valence-electron chi connectivity index (χ0n) is 23.5. The first kappa shape index (κ1) is 26.3. The number of carbonyl (C=O) groups is 1. The van der Waals surface area contributed by atoms with Crippen molar-refractivity contribution in [1.82, 2.24) is 0 Å². The Kier molecular flexibility index (Phi) is 7.44. The number of nitrogens with one attached hydrogen (secondary N) is 1. The van der Waals surface area contributed by atoms with Crippen LogP contribution in [0.15, 0.2) is 72.8 Å². The minimum Gasteiger partial charge on any atom is -0.493 e. The molecule has 2 heterocycles. The second-order valence-electron chi connectivity index (χ2n) is 11.5. The maximum absolute atomic E-state index is 13.4. The van der Waals surface area contributed by atoms with E-state index in [0.29, 0.717) is 24.0 Å². The lowest BCUT2D eigenvalue weighted by Gasteiger charge is -2.30. The molecule has 0 saturated carbocycles. The molecule has 0 spiro atoms. The quantitative estimate of drug-likeness (QED) is 0.263. The monoisotopic (exact) mass is 537 g/mol. The Balaban J connectivity index is 1.10. The largest absolute Gasteiger partial charge is 0.493 e. The SMILES string of the molecule is COc1cc2c(cc1OCc1ccc3cccc(N)c3[n+]1C)CC(CC1CC[NH+](Cc3ccccc3)CC1)C2=O. The number of ether oxygens (including phenoxy) is 2. The average Bonchev–Trinajstić information content (AvgIpc) is 3.27. The van der Waals surface area contributed by atoms with Crippen molar-refractivity contribution in [1.29, 1.82) is 0 Å². The molecule has 206 valence electrons. The van der Waals surface area contributed by atoms with E-state index in [4.69, 9.17) is 15.2 Å². The summed E-state index contributed by atoms with van der Waals surface area (Å²) in [5.41, 5.74) is 12.3. The molecule has 6 heteroatoms. The summed E-state index contributed by atoms with van der Waals surface area (Å²) in [6.45, 7) is 3.82. The lowest BCUT2D eigenvalue weighted by atomic mass is 9.85. The van der Waals surface area contributed by atoms with E-state index in [1.807, 2.05) is 31.3 Å². The summed E-state index contributed by atoms with van der Waals surface area (Å²) < 4.78 is 14.0. The number of nitrogen functional groups attached to an aromatic ring is 1. The maximum atomic E-state index is 13.4. The fraction of sp³-hybridized carbons (Fsp3) is 0.353. The topological polar surface area (TPSA) is 69.9 Å². The zero-order valence-corrected chi connectivity index (χ0v) is 23.5. The first-order chi connectivity index (χ1) is 19.5. The van der Waals surface area contributed by atoms with Crippen LogP contribution in [0.4, 0.5) is 5.69 Å². The number of nitrogens with two attached hydrogens (primary N) is 1. The number of anilines is 1. The van der Waals surface area contributed by atoms with Crippen molar-refractivity contribution in [2.24, 2.45) is 18.9 Å². The fourth-order valence-corrected chi connectivity index (χ4v) is 6.67. The van der Waals surface area contributed by atoms with E-state index in [1.165, 1.54) is 31.5 Å². The molecule has 1 atom stereocenters. The number of para-hydroxylation sites is 1. The number of aryl methyl sites for hydroxylation is 1. The Morgan fingerprint density at radius 2 is 1.77 bits per heavy atom. The molecule has 1 aliphatic carbocycles. The molecule has 0 radical (unpaired) electrons. The third-order valence-corrected chi connectivity index (χ3v) is 8.91. The molecule has 40 heavy (non-hydrogen) atoms. The van der Waals surface area contributed by atoms with Crippen molar-refractivity contribution in [2.45, 2.75) is 38.8 Å². The second-order valence-corrected chi connectivity index (χ2v) is 11.5. The van der Waals surface area contributed by atoms with Gasteiger partial charge in [0.2, 0.25) is 11.2 Å². The van der Waals surface area contributed by atoms with Crippen LogP contribution >= 0.6 is 0 Å². The van der Waals surface area contributed by atoms with Gasteiger partial charge in [0, 0.05) is 28.5 Å². The van der Waals surface area contributed by atoms with Crippen LogP contribution in [0.25, 0.3) is 10.9 Å². The first-order valence-corrected chi connectivity index (χ1v) is 14.4. The fourth-order valence-electron chi connectivity index (χ4n) is 6.67. The number of benzene rings is 3. The minimum absolute atomic E-state index is 0.0527. The summed E-state index contributed by atoms with van der Waals surface area (Å²) in [6.07, 6.45) is 4.13. The number of hydrogen-bond acceptors (Lipinski definition) is 4. The Bertz CT molecular complexity index is 1530. The van der Waals surface area contributed by atoms with Gasteiger partial charge < -0.3 is 20.1 Å². The normalized spacial score (nSPS) is 20.4. The van der Waals surface area contributed by atoms with E-state index >= 15 is 0 Å². The molecule has 1 fully saturated rings. The molecule has 1 saturated heterocycles. The second kappa shape index (κ2) is 11.3. The Hall–Kier alpha value is -3.90. The molecule has 6 nitrogen and oxygen atoms in total. The van der Waals surface area contributed by atoms with Gasteiger partial charge in [0.05, 0.1) is 20.2 Å². The van der Waals surface area contributed by atoms with Crippen LogP contribution in [-0.4, -0.2) is 26.0 Å². The van der Waals surface area contributed by atoms with Crippen LogP contribution < -0.4 is 24.7 Å². The number of Topliss-reactive ketones (excluding diaryl/α,β-unsaturated/α-hetero) is 1. The van der Waals surface area contributed by atoms with Crippen LogP contribution in [0.3, 0.4) is 0 Å². The van der Waals surface area contributed by atoms with Gasteiger partial charge >= 0.3 is 0 Å². The van der Waals surface area contributed by atoms with E-state index in [2.05, 4.69) is 53.1 Å². The summed E-state index contributed by atoms with van der Waals surface area (Å²) in [5.74, 6) is 2.20. The van der Waals surface area contributed by atoms with Gasteiger partial charge in [-0.3, -0.25) is 4.79 Å². The van der Waals surface area contributed by atoms with Crippen molar-refractivity contribution in [3.63, 3.8) is 0 Å². The number of likely N-dealkylation sites (tertiary alicyclic amines) is 1. The highest BCUT2D eigenvalue weighted by atomic mass is 16.5. The predicted molar refractivity (Wildman–Crippen MR) is 157 cm³/mol. The third kappa shape index (κ3) is 5.28. The highest BCUT2D eigenvalue weighted by Gasteiger charge is 2.35. The predicted octanol–water partition coefficient (Wildman–Crippen LogP) is 4.07.